The normalized spacial score (nSPS) is 35.6. The van der Waals surface area contributed by atoms with Gasteiger partial charge in [0.2, 0.25) is 0 Å². The fourth-order valence-corrected chi connectivity index (χ4v) is 2.28. The lowest BCUT2D eigenvalue weighted by atomic mass is 9.92. The third kappa shape index (κ3) is 2.71. The Labute approximate surface area is 87.4 Å². The smallest absolute Gasteiger partial charge is 0.0572 e. The molecule has 0 aromatic rings. The maximum absolute atomic E-state index is 5.37. The van der Waals surface area contributed by atoms with Crippen LogP contribution in [0.25, 0.3) is 0 Å². The van der Waals surface area contributed by atoms with E-state index in [1.54, 1.807) is 0 Å². The Kier molecular flexibility index (Phi) is 3.13. The van der Waals surface area contributed by atoms with Crippen LogP contribution in [0.4, 0.5) is 0 Å². The number of methoxy groups -OCH3 is 1. The first kappa shape index (κ1) is 10.4. The highest BCUT2D eigenvalue weighted by atomic mass is 16.5. The number of hydrogen-bond acceptors (Lipinski definition) is 2. The van der Waals surface area contributed by atoms with Crippen molar-refractivity contribution in [2.75, 3.05) is 13.7 Å². The van der Waals surface area contributed by atoms with Gasteiger partial charge in [-0.05, 0) is 43.9 Å². The van der Waals surface area contributed by atoms with Gasteiger partial charge < -0.3 is 10.1 Å². The summed E-state index contributed by atoms with van der Waals surface area (Å²) in [4.78, 5) is 0. The van der Waals surface area contributed by atoms with Gasteiger partial charge in [-0.2, -0.15) is 0 Å². The average Bonchev–Trinajstić information content (AvgIpc) is 2.95. The molecule has 0 bridgehead atoms. The van der Waals surface area contributed by atoms with Crippen LogP contribution in [0.2, 0.25) is 0 Å². The third-order valence-corrected chi connectivity index (χ3v) is 3.93. The van der Waals surface area contributed by atoms with Crippen LogP contribution >= 0.6 is 0 Å². The Bertz CT molecular complexity index is 181. The minimum atomic E-state index is 0.532. The van der Waals surface area contributed by atoms with Gasteiger partial charge in [0.25, 0.3) is 0 Å². The lowest BCUT2D eigenvalue weighted by Crippen LogP contribution is -2.37. The first-order valence-electron chi connectivity index (χ1n) is 5.98. The molecule has 0 saturated heterocycles. The van der Waals surface area contributed by atoms with E-state index in [0.29, 0.717) is 11.5 Å². The SMILES string of the molecule is COC1CCC(NCC2(C)CC2)CC1. The molecule has 2 aliphatic carbocycles. The zero-order valence-corrected chi connectivity index (χ0v) is 9.51. The van der Waals surface area contributed by atoms with Crippen molar-refractivity contribution in [1.82, 2.24) is 5.32 Å². The average molecular weight is 197 g/mol. The molecule has 0 atom stereocenters. The lowest BCUT2D eigenvalue weighted by Gasteiger charge is -2.29. The van der Waals surface area contributed by atoms with Crippen molar-refractivity contribution in [3.63, 3.8) is 0 Å². The van der Waals surface area contributed by atoms with Gasteiger partial charge in [0.05, 0.1) is 6.10 Å². The molecule has 0 unspecified atom stereocenters. The molecule has 0 spiro atoms. The standard InChI is InChI=1S/C12H23NO/c1-12(7-8-12)9-13-10-3-5-11(14-2)6-4-10/h10-11,13H,3-9H2,1-2H3. The van der Waals surface area contributed by atoms with Crippen molar-refractivity contribution >= 4 is 0 Å². The Hall–Kier alpha value is -0.0800. The molecular formula is C12H23NO. The predicted molar refractivity (Wildman–Crippen MR) is 58.4 cm³/mol. The molecule has 0 radical (unpaired) electrons. The maximum atomic E-state index is 5.37. The fourth-order valence-electron chi connectivity index (χ4n) is 2.28. The van der Waals surface area contributed by atoms with Gasteiger partial charge >= 0.3 is 0 Å². The second-order valence-electron chi connectivity index (χ2n) is 5.40. The van der Waals surface area contributed by atoms with Gasteiger partial charge in [-0.1, -0.05) is 6.92 Å². The number of hydrogen-bond donors (Lipinski definition) is 1. The Balaban J connectivity index is 1.63. The van der Waals surface area contributed by atoms with Crippen LogP contribution in [0.1, 0.15) is 45.4 Å². The molecule has 2 heteroatoms. The van der Waals surface area contributed by atoms with Crippen LogP contribution < -0.4 is 5.32 Å². The topological polar surface area (TPSA) is 21.3 Å². The van der Waals surface area contributed by atoms with Crippen LogP contribution in [0.15, 0.2) is 0 Å². The second-order valence-corrected chi connectivity index (χ2v) is 5.40. The van der Waals surface area contributed by atoms with Crippen molar-refractivity contribution in [2.45, 2.75) is 57.6 Å². The summed E-state index contributed by atoms with van der Waals surface area (Å²) in [5, 5.41) is 3.71. The molecule has 0 amide bonds. The van der Waals surface area contributed by atoms with E-state index in [2.05, 4.69) is 12.2 Å². The summed E-state index contributed by atoms with van der Waals surface area (Å²) in [6, 6.07) is 0.763. The molecule has 2 fully saturated rings. The van der Waals surface area contributed by atoms with Crippen LogP contribution in [-0.4, -0.2) is 25.8 Å². The molecule has 2 saturated carbocycles. The Morgan fingerprint density at radius 2 is 1.86 bits per heavy atom. The second kappa shape index (κ2) is 4.19. The number of ether oxygens (including phenoxy) is 1. The van der Waals surface area contributed by atoms with E-state index < -0.39 is 0 Å². The van der Waals surface area contributed by atoms with E-state index in [1.165, 1.54) is 45.1 Å². The number of nitrogens with one attached hydrogen (secondary N) is 1. The molecule has 0 aliphatic heterocycles. The van der Waals surface area contributed by atoms with E-state index in [-0.39, 0.29) is 0 Å². The molecule has 0 aromatic carbocycles. The molecule has 2 nitrogen and oxygen atoms in total. The van der Waals surface area contributed by atoms with Crippen molar-refractivity contribution in [3.8, 4) is 0 Å². The van der Waals surface area contributed by atoms with Crippen molar-refractivity contribution in [2.24, 2.45) is 5.41 Å². The minimum absolute atomic E-state index is 0.532. The highest BCUT2D eigenvalue weighted by molar-refractivity contribution is 4.91. The van der Waals surface area contributed by atoms with Gasteiger partial charge in [-0.3, -0.25) is 0 Å². The van der Waals surface area contributed by atoms with E-state index in [4.69, 9.17) is 4.74 Å². The summed E-state index contributed by atoms with van der Waals surface area (Å²) in [6.45, 7) is 3.62. The first-order valence-corrected chi connectivity index (χ1v) is 5.98. The van der Waals surface area contributed by atoms with Crippen LogP contribution in [0.5, 0.6) is 0 Å². The van der Waals surface area contributed by atoms with E-state index in [0.717, 1.165) is 6.04 Å². The first-order chi connectivity index (χ1) is 6.72. The molecule has 2 aliphatic rings. The quantitative estimate of drug-likeness (QED) is 0.747. The van der Waals surface area contributed by atoms with Crippen LogP contribution in [0.3, 0.4) is 0 Å². The predicted octanol–water partition coefficient (Wildman–Crippen LogP) is 2.33. The number of rotatable bonds is 4. The fraction of sp³-hybridized carbons (Fsp3) is 1.00. The van der Waals surface area contributed by atoms with Crippen molar-refractivity contribution in [1.29, 1.82) is 0 Å². The summed E-state index contributed by atoms with van der Waals surface area (Å²) in [5.74, 6) is 0. The molecule has 14 heavy (non-hydrogen) atoms. The largest absolute Gasteiger partial charge is 0.381 e. The Morgan fingerprint density at radius 3 is 2.36 bits per heavy atom. The molecular weight excluding hydrogens is 174 g/mol. The summed E-state index contributed by atoms with van der Waals surface area (Å²) in [7, 11) is 1.84. The Morgan fingerprint density at radius 1 is 1.21 bits per heavy atom. The zero-order chi connectivity index (χ0) is 10.0. The highest BCUT2D eigenvalue weighted by Crippen LogP contribution is 2.44. The summed E-state index contributed by atoms with van der Waals surface area (Å²) in [5.41, 5.74) is 0.651. The third-order valence-electron chi connectivity index (χ3n) is 3.93. The molecule has 82 valence electrons. The maximum Gasteiger partial charge on any atom is 0.0572 e. The summed E-state index contributed by atoms with van der Waals surface area (Å²) < 4.78 is 5.37. The molecule has 0 heterocycles. The van der Waals surface area contributed by atoms with Gasteiger partial charge in [-0.15, -0.1) is 0 Å². The molecule has 2 rings (SSSR count). The minimum Gasteiger partial charge on any atom is -0.381 e. The van der Waals surface area contributed by atoms with E-state index >= 15 is 0 Å². The van der Waals surface area contributed by atoms with Gasteiger partial charge in [0.15, 0.2) is 0 Å². The summed E-state index contributed by atoms with van der Waals surface area (Å²) >= 11 is 0. The monoisotopic (exact) mass is 197 g/mol. The van der Waals surface area contributed by atoms with Crippen molar-refractivity contribution in [3.05, 3.63) is 0 Å². The molecule has 0 aromatic heterocycles. The van der Waals surface area contributed by atoms with E-state index in [9.17, 15) is 0 Å². The van der Waals surface area contributed by atoms with E-state index in [1.807, 2.05) is 7.11 Å². The zero-order valence-electron chi connectivity index (χ0n) is 9.51. The summed E-state index contributed by atoms with van der Waals surface area (Å²) in [6.07, 6.45) is 8.46. The lowest BCUT2D eigenvalue weighted by molar-refractivity contribution is 0.0620. The van der Waals surface area contributed by atoms with Crippen LogP contribution in [-0.2, 0) is 4.74 Å². The van der Waals surface area contributed by atoms with Gasteiger partial charge in [0, 0.05) is 19.7 Å². The van der Waals surface area contributed by atoms with Gasteiger partial charge in [-0.25, -0.2) is 0 Å². The van der Waals surface area contributed by atoms with Crippen LogP contribution in [0, 0.1) is 5.41 Å². The van der Waals surface area contributed by atoms with Gasteiger partial charge in [0.1, 0.15) is 0 Å². The molecule has 1 N–H and O–H groups in total. The van der Waals surface area contributed by atoms with Crippen molar-refractivity contribution < 1.29 is 4.74 Å². The highest BCUT2D eigenvalue weighted by Gasteiger charge is 2.37.